The maximum atomic E-state index is 4.42. The third-order valence-corrected chi connectivity index (χ3v) is 3.91. The molecule has 3 aromatic rings. The molecule has 1 aromatic carbocycles. The molecule has 0 amide bonds. The molecule has 0 saturated heterocycles. The summed E-state index contributed by atoms with van der Waals surface area (Å²) in [5.41, 5.74) is 4.58. The van der Waals surface area contributed by atoms with Crippen LogP contribution in [0.2, 0.25) is 0 Å². The summed E-state index contributed by atoms with van der Waals surface area (Å²) in [6.07, 6.45) is 8.32. The van der Waals surface area contributed by atoms with Crippen molar-refractivity contribution in [2.45, 2.75) is 25.4 Å². The second-order valence-corrected chi connectivity index (χ2v) is 5.65. The van der Waals surface area contributed by atoms with Crippen molar-refractivity contribution in [3.8, 4) is 11.1 Å². The second-order valence-electron chi connectivity index (χ2n) is 5.65. The number of nitrogens with one attached hydrogen (secondary N) is 1. The molecule has 3 heteroatoms. The Morgan fingerprint density at radius 3 is 2.90 bits per heavy atom. The fourth-order valence-corrected chi connectivity index (χ4v) is 2.54. The Kier molecular flexibility index (Phi) is 3.13. The molecular formula is C18H17N3. The van der Waals surface area contributed by atoms with Crippen LogP contribution in [0.4, 0.5) is 0 Å². The number of hydrogen-bond donors (Lipinski definition) is 1. The fourth-order valence-electron chi connectivity index (χ4n) is 2.54. The molecular weight excluding hydrogens is 258 g/mol. The van der Waals surface area contributed by atoms with Crippen LogP contribution >= 0.6 is 0 Å². The molecule has 1 aliphatic rings. The summed E-state index contributed by atoms with van der Waals surface area (Å²) in [5.74, 6) is 0. The first kappa shape index (κ1) is 12.5. The van der Waals surface area contributed by atoms with Gasteiger partial charge in [0.1, 0.15) is 0 Å². The van der Waals surface area contributed by atoms with Crippen molar-refractivity contribution in [2.24, 2.45) is 0 Å². The summed E-state index contributed by atoms with van der Waals surface area (Å²) in [5, 5.41) is 4.70. The summed E-state index contributed by atoms with van der Waals surface area (Å²) < 4.78 is 0. The van der Waals surface area contributed by atoms with Gasteiger partial charge in [0, 0.05) is 42.1 Å². The SMILES string of the molecule is c1cnc2cc(-c3cncc(CNC4CC4)c3)ccc2c1. The molecule has 0 atom stereocenters. The van der Waals surface area contributed by atoms with E-state index in [1.807, 2.05) is 24.7 Å². The van der Waals surface area contributed by atoms with Gasteiger partial charge in [-0.3, -0.25) is 9.97 Å². The van der Waals surface area contributed by atoms with E-state index in [2.05, 4.69) is 45.6 Å². The number of nitrogens with zero attached hydrogens (tertiary/aromatic N) is 2. The lowest BCUT2D eigenvalue weighted by molar-refractivity contribution is 0.686. The number of hydrogen-bond acceptors (Lipinski definition) is 3. The van der Waals surface area contributed by atoms with Gasteiger partial charge in [-0.05, 0) is 42.2 Å². The van der Waals surface area contributed by atoms with Gasteiger partial charge in [-0.25, -0.2) is 0 Å². The van der Waals surface area contributed by atoms with Crippen LogP contribution < -0.4 is 5.32 Å². The van der Waals surface area contributed by atoms with Crippen LogP contribution in [0.5, 0.6) is 0 Å². The highest BCUT2D eigenvalue weighted by Crippen LogP contribution is 2.24. The van der Waals surface area contributed by atoms with Crippen LogP contribution in [0, 0.1) is 0 Å². The fraction of sp³-hybridized carbons (Fsp3) is 0.222. The van der Waals surface area contributed by atoms with Crippen molar-refractivity contribution in [1.82, 2.24) is 15.3 Å². The minimum absolute atomic E-state index is 0.721. The van der Waals surface area contributed by atoms with Crippen molar-refractivity contribution < 1.29 is 0 Å². The standard InChI is InChI=1S/C18H17N3/c1-2-14-3-4-15(9-18(14)20-7-1)16-8-13(10-19-12-16)11-21-17-5-6-17/h1-4,7-10,12,17,21H,5-6,11H2. The van der Waals surface area contributed by atoms with Gasteiger partial charge in [0.2, 0.25) is 0 Å². The summed E-state index contributed by atoms with van der Waals surface area (Å²) >= 11 is 0. The molecule has 4 rings (SSSR count). The Hall–Kier alpha value is -2.26. The van der Waals surface area contributed by atoms with Crippen molar-refractivity contribution in [3.05, 3.63) is 60.6 Å². The first-order valence-electron chi connectivity index (χ1n) is 7.41. The number of fused-ring (bicyclic) bond motifs is 1. The topological polar surface area (TPSA) is 37.8 Å². The predicted octanol–water partition coefficient (Wildman–Crippen LogP) is 3.55. The lowest BCUT2D eigenvalue weighted by atomic mass is 10.0. The molecule has 104 valence electrons. The molecule has 0 radical (unpaired) electrons. The average molecular weight is 275 g/mol. The predicted molar refractivity (Wildman–Crippen MR) is 84.8 cm³/mol. The van der Waals surface area contributed by atoms with E-state index in [0.717, 1.165) is 23.7 Å². The summed E-state index contributed by atoms with van der Waals surface area (Å²) in [7, 11) is 0. The van der Waals surface area contributed by atoms with E-state index in [4.69, 9.17) is 0 Å². The first-order valence-corrected chi connectivity index (χ1v) is 7.41. The van der Waals surface area contributed by atoms with Gasteiger partial charge < -0.3 is 5.32 Å². The van der Waals surface area contributed by atoms with E-state index in [-0.39, 0.29) is 0 Å². The van der Waals surface area contributed by atoms with E-state index < -0.39 is 0 Å². The Balaban J connectivity index is 1.65. The van der Waals surface area contributed by atoms with Crippen LogP contribution in [-0.4, -0.2) is 16.0 Å². The van der Waals surface area contributed by atoms with E-state index in [1.54, 1.807) is 0 Å². The Morgan fingerprint density at radius 1 is 1.05 bits per heavy atom. The highest BCUT2D eigenvalue weighted by Gasteiger charge is 2.19. The van der Waals surface area contributed by atoms with Crippen LogP contribution in [0.3, 0.4) is 0 Å². The van der Waals surface area contributed by atoms with Crippen LogP contribution in [0.25, 0.3) is 22.0 Å². The molecule has 1 fully saturated rings. The smallest absolute Gasteiger partial charge is 0.0708 e. The molecule has 0 aliphatic heterocycles. The van der Waals surface area contributed by atoms with Crippen molar-refractivity contribution in [3.63, 3.8) is 0 Å². The zero-order valence-corrected chi connectivity index (χ0v) is 11.8. The van der Waals surface area contributed by atoms with Gasteiger partial charge >= 0.3 is 0 Å². The molecule has 1 aliphatic carbocycles. The minimum atomic E-state index is 0.721. The van der Waals surface area contributed by atoms with Gasteiger partial charge in [0.25, 0.3) is 0 Å². The molecule has 0 spiro atoms. The van der Waals surface area contributed by atoms with Crippen molar-refractivity contribution >= 4 is 10.9 Å². The van der Waals surface area contributed by atoms with Crippen LogP contribution in [0.1, 0.15) is 18.4 Å². The zero-order chi connectivity index (χ0) is 14.1. The summed E-state index contributed by atoms with van der Waals surface area (Å²) in [6.45, 7) is 0.900. The molecule has 3 nitrogen and oxygen atoms in total. The van der Waals surface area contributed by atoms with Crippen molar-refractivity contribution in [2.75, 3.05) is 0 Å². The van der Waals surface area contributed by atoms with Gasteiger partial charge in [0.15, 0.2) is 0 Å². The third-order valence-electron chi connectivity index (χ3n) is 3.91. The molecule has 21 heavy (non-hydrogen) atoms. The zero-order valence-electron chi connectivity index (χ0n) is 11.8. The summed E-state index contributed by atoms with van der Waals surface area (Å²) in [6, 6.07) is 13.4. The molecule has 2 aromatic heterocycles. The lowest BCUT2D eigenvalue weighted by Gasteiger charge is -2.07. The average Bonchev–Trinajstić information content (AvgIpc) is 3.37. The molecule has 0 bridgehead atoms. The van der Waals surface area contributed by atoms with Gasteiger partial charge in [-0.2, -0.15) is 0 Å². The van der Waals surface area contributed by atoms with Gasteiger partial charge in [0.05, 0.1) is 5.52 Å². The maximum absolute atomic E-state index is 4.42. The number of pyridine rings is 2. The highest BCUT2D eigenvalue weighted by molar-refractivity contribution is 5.83. The maximum Gasteiger partial charge on any atom is 0.0708 e. The third kappa shape index (κ3) is 2.78. The molecule has 0 unspecified atom stereocenters. The molecule has 1 N–H and O–H groups in total. The minimum Gasteiger partial charge on any atom is -0.310 e. The quantitative estimate of drug-likeness (QED) is 0.791. The van der Waals surface area contributed by atoms with Crippen LogP contribution in [0.15, 0.2) is 55.0 Å². The Labute approximate surface area is 124 Å². The van der Waals surface area contributed by atoms with E-state index >= 15 is 0 Å². The normalized spacial score (nSPS) is 14.5. The highest BCUT2D eigenvalue weighted by atomic mass is 14.9. The number of benzene rings is 1. The van der Waals surface area contributed by atoms with Gasteiger partial charge in [-0.1, -0.05) is 18.2 Å². The first-order chi connectivity index (χ1) is 10.4. The second kappa shape index (κ2) is 5.26. The van der Waals surface area contributed by atoms with E-state index in [1.165, 1.54) is 29.4 Å². The molecule has 2 heterocycles. The lowest BCUT2D eigenvalue weighted by Crippen LogP contribution is -2.15. The number of aromatic nitrogens is 2. The van der Waals surface area contributed by atoms with Crippen molar-refractivity contribution in [1.29, 1.82) is 0 Å². The Bertz CT molecular complexity index is 778. The van der Waals surface area contributed by atoms with E-state index in [9.17, 15) is 0 Å². The van der Waals surface area contributed by atoms with E-state index in [0.29, 0.717) is 0 Å². The monoisotopic (exact) mass is 275 g/mol. The Morgan fingerprint density at radius 2 is 2.00 bits per heavy atom. The van der Waals surface area contributed by atoms with Crippen LogP contribution in [-0.2, 0) is 6.54 Å². The molecule has 1 saturated carbocycles. The largest absolute Gasteiger partial charge is 0.310 e. The summed E-state index contributed by atoms with van der Waals surface area (Å²) in [4.78, 5) is 8.80. The van der Waals surface area contributed by atoms with Gasteiger partial charge in [-0.15, -0.1) is 0 Å². The number of rotatable bonds is 4.